The first kappa shape index (κ1) is 17.4. The number of morpholine rings is 1. The van der Waals surface area contributed by atoms with Crippen LogP contribution in [0.3, 0.4) is 0 Å². The highest BCUT2D eigenvalue weighted by molar-refractivity contribution is 5.83. The van der Waals surface area contributed by atoms with Crippen molar-refractivity contribution < 1.29 is 9.53 Å². The minimum absolute atomic E-state index is 0.128. The van der Waals surface area contributed by atoms with Crippen molar-refractivity contribution in [1.82, 2.24) is 9.88 Å². The van der Waals surface area contributed by atoms with Gasteiger partial charge in [-0.3, -0.25) is 14.7 Å². The monoisotopic (exact) mass is 350 g/mol. The minimum Gasteiger partial charge on any atom is -0.378 e. The van der Waals surface area contributed by atoms with Gasteiger partial charge in [0, 0.05) is 42.4 Å². The maximum Gasteiger partial charge on any atom is 0.142 e. The quantitative estimate of drug-likeness (QED) is 0.831. The van der Waals surface area contributed by atoms with E-state index in [1.165, 1.54) is 5.56 Å². The van der Waals surface area contributed by atoms with E-state index < -0.39 is 0 Å². The van der Waals surface area contributed by atoms with Gasteiger partial charge in [-0.2, -0.15) is 0 Å². The van der Waals surface area contributed by atoms with Gasteiger partial charge >= 0.3 is 0 Å². The molecule has 0 saturated carbocycles. The summed E-state index contributed by atoms with van der Waals surface area (Å²) in [5.74, 6) is 0.461. The van der Waals surface area contributed by atoms with Crippen molar-refractivity contribution in [3.63, 3.8) is 0 Å². The summed E-state index contributed by atoms with van der Waals surface area (Å²) in [5.41, 5.74) is 3.19. The Kier molecular flexibility index (Phi) is 5.14. The van der Waals surface area contributed by atoms with Gasteiger partial charge in [0.25, 0.3) is 0 Å². The van der Waals surface area contributed by atoms with E-state index in [2.05, 4.69) is 40.2 Å². The Morgan fingerprint density at radius 1 is 1.08 bits per heavy atom. The van der Waals surface area contributed by atoms with Gasteiger partial charge in [-0.15, -0.1) is 0 Å². The van der Waals surface area contributed by atoms with Crippen LogP contribution >= 0.6 is 0 Å². The summed E-state index contributed by atoms with van der Waals surface area (Å²) in [6.07, 6.45) is 2.24. The maximum absolute atomic E-state index is 12.9. The molecule has 136 valence electrons. The number of nitrogens with zero attached hydrogens (tertiary/aromatic N) is 2. The standard InChI is InChI=1S/C22H26N2O2/c1-16-6-5-9-19(23-16)12-22(25)18-10-20-14-26-15-21(11-18)24(20)13-17-7-3-2-4-8-17/h2-9,18,20-21H,10-15H2,1H3. The summed E-state index contributed by atoms with van der Waals surface area (Å²) in [7, 11) is 0. The lowest BCUT2D eigenvalue weighted by Crippen LogP contribution is -2.57. The number of carbonyl (C=O) groups excluding carboxylic acids is 1. The fraction of sp³-hybridized carbons (Fsp3) is 0.455. The van der Waals surface area contributed by atoms with Gasteiger partial charge in [-0.1, -0.05) is 36.4 Å². The molecule has 2 bridgehead atoms. The van der Waals surface area contributed by atoms with E-state index in [1.807, 2.05) is 25.1 Å². The highest BCUT2D eigenvalue weighted by Gasteiger charge is 2.41. The Morgan fingerprint density at radius 2 is 1.81 bits per heavy atom. The smallest absolute Gasteiger partial charge is 0.142 e. The minimum atomic E-state index is 0.128. The fourth-order valence-corrected chi connectivity index (χ4v) is 4.33. The molecule has 2 fully saturated rings. The van der Waals surface area contributed by atoms with Crippen LogP contribution in [-0.2, 0) is 22.5 Å². The summed E-state index contributed by atoms with van der Waals surface area (Å²) in [5, 5.41) is 0. The van der Waals surface area contributed by atoms with Gasteiger partial charge < -0.3 is 4.74 Å². The van der Waals surface area contributed by atoms with Crippen molar-refractivity contribution in [1.29, 1.82) is 0 Å². The number of piperidine rings is 1. The Labute approximate surface area is 155 Å². The number of fused-ring (bicyclic) bond motifs is 2. The highest BCUT2D eigenvalue weighted by atomic mass is 16.5. The summed E-state index contributed by atoms with van der Waals surface area (Å²) < 4.78 is 5.80. The van der Waals surface area contributed by atoms with Crippen LogP contribution < -0.4 is 0 Å². The first-order valence-corrected chi connectivity index (χ1v) is 9.51. The molecule has 2 aliphatic rings. The number of pyridine rings is 1. The Bertz CT molecular complexity index is 748. The molecule has 0 aliphatic carbocycles. The average molecular weight is 350 g/mol. The van der Waals surface area contributed by atoms with Crippen molar-refractivity contribution in [2.24, 2.45) is 5.92 Å². The molecular formula is C22H26N2O2. The summed E-state index contributed by atoms with van der Waals surface area (Å²) in [6.45, 7) is 4.38. The zero-order valence-electron chi connectivity index (χ0n) is 15.3. The van der Waals surface area contributed by atoms with Gasteiger partial charge in [-0.25, -0.2) is 0 Å². The summed E-state index contributed by atoms with van der Waals surface area (Å²) in [6, 6.07) is 17.2. The molecule has 1 aromatic carbocycles. The summed E-state index contributed by atoms with van der Waals surface area (Å²) >= 11 is 0. The Balaban J connectivity index is 1.43. The third-order valence-corrected chi connectivity index (χ3v) is 5.64. The predicted molar refractivity (Wildman–Crippen MR) is 101 cm³/mol. The number of carbonyl (C=O) groups is 1. The largest absolute Gasteiger partial charge is 0.378 e. The van der Waals surface area contributed by atoms with Gasteiger partial charge in [0.05, 0.1) is 13.2 Å². The van der Waals surface area contributed by atoms with E-state index in [-0.39, 0.29) is 5.92 Å². The predicted octanol–water partition coefficient (Wildman–Crippen LogP) is 3.18. The molecule has 0 amide bonds. The topological polar surface area (TPSA) is 42.4 Å². The summed E-state index contributed by atoms with van der Waals surface area (Å²) in [4.78, 5) is 19.9. The molecule has 4 rings (SSSR count). The van der Waals surface area contributed by atoms with E-state index in [1.54, 1.807) is 0 Å². The van der Waals surface area contributed by atoms with E-state index in [9.17, 15) is 4.79 Å². The van der Waals surface area contributed by atoms with Crippen molar-refractivity contribution in [2.45, 2.75) is 44.8 Å². The van der Waals surface area contributed by atoms with Gasteiger partial charge in [0.2, 0.25) is 0 Å². The van der Waals surface area contributed by atoms with Gasteiger partial charge in [-0.05, 0) is 37.5 Å². The maximum atomic E-state index is 12.9. The Morgan fingerprint density at radius 3 is 2.50 bits per heavy atom. The molecule has 3 heterocycles. The van der Waals surface area contributed by atoms with E-state index >= 15 is 0 Å². The van der Waals surface area contributed by atoms with Crippen LogP contribution in [0.25, 0.3) is 0 Å². The van der Waals surface area contributed by atoms with Crippen LogP contribution in [0.1, 0.15) is 29.8 Å². The number of aryl methyl sites for hydroxylation is 1. The molecule has 1 aromatic heterocycles. The second kappa shape index (κ2) is 7.68. The molecule has 2 saturated heterocycles. The lowest BCUT2D eigenvalue weighted by molar-refractivity contribution is -0.133. The van der Waals surface area contributed by atoms with Crippen molar-refractivity contribution in [3.05, 3.63) is 65.5 Å². The number of hydrogen-bond donors (Lipinski definition) is 0. The van der Waals surface area contributed by atoms with Crippen molar-refractivity contribution in [2.75, 3.05) is 13.2 Å². The molecule has 0 radical (unpaired) electrons. The first-order chi connectivity index (χ1) is 12.7. The zero-order valence-corrected chi connectivity index (χ0v) is 15.3. The molecule has 4 heteroatoms. The third kappa shape index (κ3) is 3.87. The molecule has 2 aromatic rings. The fourth-order valence-electron chi connectivity index (χ4n) is 4.33. The second-order valence-corrected chi connectivity index (χ2v) is 7.58. The first-order valence-electron chi connectivity index (χ1n) is 9.51. The molecule has 2 unspecified atom stereocenters. The zero-order chi connectivity index (χ0) is 17.9. The van der Waals surface area contributed by atoms with Crippen LogP contribution in [0, 0.1) is 12.8 Å². The number of benzene rings is 1. The number of aromatic nitrogens is 1. The van der Waals surface area contributed by atoms with Crippen LogP contribution in [0.2, 0.25) is 0 Å². The molecule has 26 heavy (non-hydrogen) atoms. The van der Waals surface area contributed by atoms with E-state index in [4.69, 9.17) is 4.74 Å². The number of rotatable bonds is 5. The Hall–Kier alpha value is -2.04. The molecule has 2 atom stereocenters. The van der Waals surface area contributed by atoms with E-state index in [0.717, 1.165) is 44.0 Å². The number of Topliss-reactive ketones (excluding diaryl/α,β-unsaturated/α-hetero) is 1. The number of hydrogen-bond acceptors (Lipinski definition) is 4. The molecule has 0 N–H and O–H groups in total. The highest BCUT2D eigenvalue weighted by Crippen LogP contribution is 2.33. The van der Waals surface area contributed by atoms with Crippen LogP contribution in [0.5, 0.6) is 0 Å². The van der Waals surface area contributed by atoms with Crippen LogP contribution in [0.15, 0.2) is 48.5 Å². The number of ketones is 1. The van der Waals surface area contributed by atoms with Crippen molar-refractivity contribution in [3.8, 4) is 0 Å². The lowest BCUT2D eigenvalue weighted by Gasteiger charge is -2.48. The van der Waals surface area contributed by atoms with Gasteiger partial charge in [0.1, 0.15) is 5.78 Å². The van der Waals surface area contributed by atoms with E-state index in [0.29, 0.717) is 24.3 Å². The SMILES string of the molecule is Cc1cccc(CC(=O)C2CC3COCC(C2)N3Cc2ccccc2)n1. The average Bonchev–Trinajstić information content (AvgIpc) is 2.62. The normalized spacial score (nSPS) is 25.8. The van der Waals surface area contributed by atoms with Crippen molar-refractivity contribution >= 4 is 5.78 Å². The van der Waals surface area contributed by atoms with Crippen LogP contribution in [0.4, 0.5) is 0 Å². The third-order valence-electron chi connectivity index (χ3n) is 5.64. The molecule has 4 nitrogen and oxygen atoms in total. The van der Waals surface area contributed by atoms with Crippen LogP contribution in [-0.4, -0.2) is 41.0 Å². The molecule has 2 aliphatic heterocycles. The molecule has 0 spiro atoms. The number of ether oxygens (including phenoxy) is 1. The van der Waals surface area contributed by atoms with Gasteiger partial charge in [0.15, 0.2) is 0 Å². The second-order valence-electron chi connectivity index (χ2n) is 7.58. The molecular weight excluding hydrogens is 324 g/mol. The lowest BCUT2D eigenvalue weighted by atomic mass is 9.81.